The van der Waals surface area contributed by atoms with Gasteiger partial charge in [0.1, 0.15) is 5.54 Å². The monoisotopic (exact) mass is 271 g/mol. The van der Waals surface area contributed by atoms with Crippen LogP contribution >= 0.6 is 0 Å². The summed E-state index contributed by atoms with van der Waals surface area (Å²) < 4.78 is 0. The van der Waals surface area contributed by atoms with Gasteiger partial charge in [-0.25, -0.2) is 0 Å². The van der Waals surface area contributed by atoms with Crippen LogP contribution in [-0.2, 0) is 14.4 Å². The highest BCUT2D eigenvalue weighted by Crippen LogP contribution is 2.28. The van der Waals surface area contributed by atoms with Crippen molar-refractivity contribution in [2.45, 2.75) is 32.2 Å². The molecule has 3 N–H and O–H groups in total. The lowest BCUT2D eigenvalue weighted by atomic mass is 9.99. The Labute approximate surface area is 112 Å². The molecule has 1 rings (SSSR count). The van der Waals surface area contributed by atoms with E-state index in [0.29, 0.717) is 26.1 Å². The summed E-state index contributed by atoms with van der Waals surface area (Å²) in [6.45, 7) is 4.45. The number of nitrogens with one attached hydrogen (secondary N) is 2. The summed E-state index contributed by atoms with van der Waals surface area (Å²) in [5.74, 6) is -1.26. The molecule has 1 aliphatic rings. The molecule has 19 heavy (non-hydrogen) atoms. The molecule has 0 aromatic carbocycles. The lowest BCUT2D eigenvalue weighted by molar-refractivity contribution is -0.149. The van der Waals surface area contributed by atoms with Crippen LogP contribution in [0.3, 0.4) is 0 Å². The van der Waals surface area contributed by atoms with E-state index in [1.54, 1.807) is 11.8 Å². The van der Waals surface area contributed by atoms with Gasteiger partial charge in [-0.05, 0) is 26.3 Å². The number of carboxylic acid groups (broad SMARTS) is 1. The highest BCUT2D eigenvalue weighted by molar-refractivity contribution is 5.82. The Morgan fingerprint density at radius 2 is 1.89 bits per heavy atom. The van der Waals surface area contributed by atoms with Gasteiger partial charge >= 0.3 is 5.97 Å². The van der Waals surface area contributed by atoms with Gasteiger partial charge in [0.15, 0.2) is 0 Å². The van der Waals surface area contributed by atoms with E-state index < -0.39 is 11.5 Å². The fourth-order valence-corrected chi connectivity index (χ4v) is 2.18. The van der Waals surface area contributed by atoms with E-state index in [9.17, 15) is 19.5 Å². The molecular formula is C12H21N3O4. The second kappa shape index (κ2) is 6.51. The zero-order valence-electron chi connectivity index (χ0n) is 11.4. The number of aliphatic carboxylic acids is 1. The summed E-state index contributed by atoms with van der Waals surface area (Å²) in [5.41, 5.74) is -0.949. The molecule has 0 radical (unpaired) electrons. The number of rotatable bonds is 6. The third-order valence-electron chi connectivity index (χ3n) is 3.41. The number of hydrogen-bond donors (Lipinski definition) is 3. The van der Waals surface area contributed by atoms with Crippen molar-refractivity contribution in [1.82, 2.24) is 15.5 Å². The smallest absolute Gasteiger partial charge is 0.323 e. The van der Waals surface area contributed by atoms with E-state index in [-0.39, 0.29) is 18.4 Å². The Morgan fingerprint density at radius 3 is 2.47 bits per heavy atom. The zero-order chi connectivity index (χ0) is 14.5. The van der Waals surface area contributed by atoms with Crippen molar-refractivity contribution in [3.63, 3.8) is 0 Å². The first-order valence-corrected chi connectivity index (χ1v) is 6.36. The molecule has 1 aliphatic heterocycles. The van der Waals surface area contributed by atoms with Crippen LogP contribution < -0.4 is 10.6 Å². The lowest BCUT2D eigenvalue weighted by Gasteiger charge is -2.30. The molecule has 1 fully saturated rings. The molecular weight excluding hydrogens is 250 g/mol. The molecule has 7 nitrogen and oxygen atoms in total. The molecule has 1 unspecified atom stereocenters. The number of hydrogen-bond acceptors (Lipinski definition) is 4. The Bertz CT molecular complexity index is 372. The van der Waals surface area contributed by atoms with Crippen molar-refractivity contribution in [3.05, 3.63) is 0 Å². The molecule has 108 valence electrons. The van der Waals surface area contributed by atoms with Crippen molar-refractivity contribution in [2.75, 3.05) is 26.2 Å². The second-order valence-corrected chi connectivity index (χ2v) is 4.94. The summed E-state index contributed by atoms with van der Waals surface area (Å²) in [7, 11) is 0. The third kappa shape index (κ3) is 4.20. The predicted octanol–water partition coefficient (Wildman–Crippen LogP) is -0.822. The first-order chi connectivity index (χ1) is 8.86. The van der Waals surface area contributed by atoms with Gasteiger partial charge in [0.05, 0.1) is 6.54 Å². The maximum absolute atomic E-state index is 11.7. The van der Waals surface area contributed by atoms with Gasteiger partial charge in [0.2, 0.25) is 11.8 Å². The fraction of sp³-hybridized carbons (Fsp3) is 0.750. The molecule has 0 aromatic heterocycles. The molecule has 0 aliphatic carbocycles. The molecule has 0 saturated carbocycles. The molecule has 0 bridgehead atoms. The van der Waals surface area contributed by atoms with E-state index >= 15 is 0 Å². The zero-order valence-corrected chi connectivity index (χ0v) is 11.4. The van der Waals surface area contributed by atoms with Crippen molar-refractivity contribution < 1.29 is 19.5 Å². The molecule has 0 spiro atoms. The molecule has 7 heteroatoms. The van der Waals surface area contributed by atoms with Crippen LogP contribution in [0.25, 0.3) is 0 Å². The molecule has 1 atom stereocenters. The highest BCUT2D eigenvalue weighted by Gasteiger charge is 2.43. The van der Waals surface area contributed by atoms with Crippen LogP contribution in [0.15, 0.2) is 0 Å². The summed E-state index contributed by atoms with van der Waals surface area (Å²) in [6.07, 6.45) is 1.34. The van der Waals surface area contributed by atoms with Crippen LogP contribution in [0.4, 0.5) is 0 Å². The average molecular weight is 271 g/mol. The Kier molecular flexibility index (Phi) is 5.29. The number of nitrogens with zero attached hydrogens (tertiary/aromatic N) is 1. The SMILES string of the molecule is CC(=O)NCCNC(=O)CN1CCCC1(C)C(=O)O. The van der Waals surface area contributed by atoms with Crippen molar-refractivity contribution >= 4 is 17.8 Å². The van der Waals surface area contributed by atoms with Gasteiger partial charge in [-0.3, -0.25) is 19.3 Å². The minimum absolute atomic E-state index is 0.0723. The van der Waals surface area contributed by atoms with Crippen LogP contribution in [0.1, 0.15) is 26.7 Å². The first-order valence-electron chi connectivity index (χ1n) is 6.36. The molecule has 1 heterocycles. The first kappa shape index (κ1) is 15.4. The van der Waals surface area contributed by atoms with Gasteiger partial charge < -0.3 is 15.7 Å². The maximum Gasteiger partial charge on any atom is 0.323 e. The molecule has 0 aromatic rings. The standard InChI is InChI=1S/C12H21N3O4/c1-9(16)13-5-6-14-10(17)8-15-7-3-4-12(15,2)11(18)19/h3-8H2,1-2H3,(H,13,16)(H,14,17)(H,18,19). The van der Waals surface area contributed by atoms with Crippen LogP contribution in [0, 0.1) is 0 Å². The topological polar surface area (TPSA) is 98.7 Å². The fourth-order valence-electron chi connectivity index (χ4n) is 2.18. The van der Waals surface area contributed by atoms with Crippen LogP contribution in [0.2, 0.25) is 0 Å². The second-order valence-electron chi connectivity index (χ2n) is 4.94. The van der Waals surface area contributed by atoms with E-state index in [1.165, 1.54) is 6.92 Å². The lowest BCUT2D eigenvalue weighted by Crippen LogP contribution is -2.51. The van der Waals surface area contributed by atoms with Crippen LogP contribution in [-0.4, -0.2) is 59.5 Å². The number of carbonyl (C=O) groups is 3. The van der Waals surface area contributed by atoms with E-state index in [2.05, 4.69) is 10.6 Å². The van der Waals surface area contributed by atoms with E-state index in [0.717, 1.165) is 6.42 Å². The van der Waals surface area contributed by atoms with Crippen LogP contribution in [0.5, 0.6) is 0 Å². The molecule has 1 saturated heterocycles. The Hall–Kier alpha value is -1.63. The van der Waals surface area contributed by atoms with Gasteiger partial charge in [0.25, 0.3) is 0 Å². The molecule has 2 amide bonds. The summed E-state index contributed by atoms with van der Waals surface area (Å²) in [5, 5.41) is 14.4. The largest absolute Gasteiger partial charge is 0.480 e. The number of likely N-dealkylation sites (tertiary alicyclic amines) is 1. The van der Waals surface area contributed by atoms with Crippen molar-refractivity contribution in [3.8, 4) is 0 Å². The number of carbonyl (C=O) groups excluding carboxylic acids is 2. The normalized spacial score (nSPS) is 23.1. The summed E-state index contributed by atoms with van der Waals surface area (Å²) >= 11 is 0. The van der Waals surface area contributed by atoms with Crippen molar-refractivity contribution in [1.29, 1.82) is 0 Å². The average Bonchev–Trinajstić information content (AvgIpc) is 2.68. The van der Waals surface area contributed by atoms with E-state index in [1.807, 2.05) is 0 Å². The van der Waals surface area contributed by atoms with Gasteiger partial charge in [-0.15, -0.1) is 0 Å². The van der Waals surface area contributed by atoms with Gasteiger partial charge in [0, 0.05) is 20.0 Å². The minimum Gasteiger partial charge on any atom is -0.480 e. The Morgan fingerprint density at radius 1 is 1.26 bits per heavy atom. The third-order valence-corrected chi connectivity index (χ3v) is 3.41. The number of carboxylic acids is 1. The predicted molar refractivity (Wildman–Crippen MR) is 68.5 cm³/mol. The Balaban J connectivity index is 2.36. The summed E-state index contributed by atoms with van der Waals surface area (Å²) in [6, 6.07) is 0. The van der Waals surface area contributed by atoms with Crippen molar-refractivity contribution in [2.24, 2.45) is 0 Å². The number of amides is 2. The summed E-state index contributed by atoms with van der Waals surface area (Å²) in [4.78, 5) is 35.2. The quantitative estimate of drug-likeness (QED) is 0.548. The minimum atomic E-state index is -0.949. The maximum atomic E-state index is 11.7. The highest BCUT2D eigenvalue weighted by atomic mass is 16.4. The van der Waals surface area contributed by atoms with Gasteiger partial charge in [-0.1, -0.05) is 0 Å². The van der Waals surface area contributed by atoms with E-state index in [4.69, 9.17) is 0 Å². The van der Waals surface area contributed by atoms with Gasteiger partial charge in [-0.2, -0.15) is 0 Å².